The zero-order chi connectivity index (χ0) is 25.7. The fourth-order valence-corrected chi connectivity index (χ4v) is 4.63. The third-order valence-electron chi connectivity index (χ3n) is 6.18. The molecule has 2 aromatic carbocycles. The molecule has 0 radical (unpaired) electrons. The maximum atomic E-state index is 13.5. The summed E-state index contributed by atoms with van der Waals surface area (Å²) in [6.07, 6.45) is 1.91. The lowest BCUT2D eigenvalue weighted by Crippen LogP contribution is -2.14. The van der Waals surface area contributed by atoms with Crippen LogP contribution < -0.4 is 10.7 Å². The highest BCUT2D eigenvalue weighted by molar-refractivity contribution is 6.29. The predicted octanol–water partition coefficient (Wildman–Crippen LogP) is 5.88. The zero-order valence-electron chi connectivity index (χ0n) is 20.1. The van der Waals surface area contributed by atoms with Crippen LogP contribution in [0.5, 0.6) is 0 Å². The number of rotatable bonds is 5. The van der Waals surface area contributed by atoms with Crippen LogP contribution >= 0.6 is 11.6 Å². The van der Waals surface area contributed by atoms with Crippen LogP contribution in [0.15, 0.2) is 57.9 Å². The van der Waals surface area contributed by atoms with E-state index >= 15 is 0 Å². The Balaban J connectivity index is 1.67. The van der Waals surface area contributed by atoms with E-state index in [-0.39, 0.29) is 16.3 Å². The molecule has 0 aliphatic carbocycles. The van der Waals surface area contributed by atoms with Gasteiger partial charge in [-0.3, -0.25) is 9.48 Å². The Kier molecular flexibility index (Phi) is 5.76. The quantitative estimate of drug-likeness (QED) is 0.288. The number of fused-ring (bicyclic) bond motifs is 2. The molecule has 8 nitrogen and oxygen atoms in total. The van der Waals surface area contributed by atoms with E-state index in [4.69, 9.17) is 16.0 Å². The average molecular weight is 503 g/mol. The summed E-state index contributed by atoms with van der Waals surface area (Å²) in [5.41, 5.74) is 4.19. The number of hydrogen-bond donors (Lipinski definition) is 2. The van der Waals surface area contributed by atoms with Crippen molar-refractivity contribution in [2.24, 2.45) is 7.05 Å². The standard InChI is InChI=1S/C27H23ClN4O4/c1-13-9-18(15(3)29-21-7-8-22(28)30-23(21)27(34)35)26-19(10-13)24(33)14(2)25(36-26)16-5-6-20-17(11-16)12-32(4)31-20/h5-12,15,29H,1-4H3,(H,34,35). The lowest BCUT2D eigenvalue weighted by Gasteiger charge is -2.19. The van der Waals surface area contributed by atoms with Gasteiger partial charge in [-0.1, -0.05) is 17.7 Å². The molecule has 0 saturated heterocycles. The van der Waals surface area contributed by atoms with Gasteiger partial charge < -0.3 is 14.8 Å². The third kappa shape index (κ3) is 4.09. The van der Waals surface area contributed by atoms with Crippen LogP contribution in [0.1, 0.15) is 40.1 Å². The number of anilines is 1. The Bertz CT molecular complexity index is 1740. The Morgan fingerprint density at radius 3 is 2.69 bits per heavy atom. The molecule has 3 heterocycles. The van der Waals surface area contributed by atoms with Crippen LogP contribution in [0.25, 0.3) is 33.2 Å². The average Bonchev–Trinajstić information content (AvgIpc) is 3.21. The second-order valence-corrected chi connectivity index (χ2v) is 9.28. The molecule has 5 rings (SSSR count). The summed E-state index contributed by atoms with van der Waals surface area (Å²) in [7, 11) is 1.86. The molecule has 0 aliphatic heterocycles. The van der Waals surface area contributed by atoms with Gasteiger partial charge in [-0.2, -0.15) is 5.10 Å². The van der Waals surface area contributed by atoms with Crippen LogP contribution in [-0.2, 0) is 7.05 Å². The van der Waals surface area contributed by atoms with E-state index in [9.17, 15) is 14.7 Å². The molecule has 2 N–H and O–H groups in total. The number of carbonyl (C=O) groups is 1. The summed E-state index contributed by atoms with van der Waals surface area (Å²) >= 11 is 5.90. The van der Waals surface area contributed by atoms with E-state index in [1.54, 1.807) is 17.7 Å². The van der Waals surface area contributed by atoms with Crippen LogP contribution in [0.3, 0.4) is 0 Å². The molecule has 3 aromatic heterocycles. The molecule has 1 atom stereocenters. The fourth-order valence-electron chi connectivity index (χ4n) is 4.48. The number of hydrogen-bond acceptors (Lipinski definition) is 6. The van der Waals surface area contributed by atoms with Gasteiger partial charge >= 0.3 is 5.97 Å². The maximum Gasteiger partial charge on any atom is 0.356 e. The number of nitrogens with zero attached hydrogens (tertiary/aromatic N) is 3. The van der Waals surface area contributed by atoms with E-state index in [0.29, 0.717) is 28.0 Å². The normalized spacial score (nSPS) is 12.2. The minimum Gasteiger partial charge on any atom is -0.476 e. The number of aryl methyl sites for hydroxylation is 2. The van der Waals surface area contributed by atoms with Crippen molar-refractivity contribution in [1.29, 1.82) is 0 Å². The number of nitrogens with one attached hydrogen (secondary N) is 1. The molecule has 0 spiro atoms. The Morgan fingerprint density at radius 2 is 1.94 bits per heavy atom. The smallest absolute Gasteiger partial charge is 0.356 e. The maximum absolute atomic E-state index is 13.5. The number of carboxylic acids is 1. The van der Waals surface area contributed by atoms with Crippen molar-refractivity contribution in [2.75, 3.05) is 5.32 Å². The van der Waals surface area contributed by atoms with Gasteiger partial charge in [0.1, 0.15) is 16.5 Å². The first-order valence-corrected chi connectivity index (χ1v) is 11.7. The molecule has 1 unspecified atom stereocenters. The van der Waals surface area contributed by atoms with Gasteiger partial charge in [-0.15, -0.1) is 0 Å². The van der Waals surface area contributed by atoms with Crippen molar-refractivity contribution < 1.29 is 14.3 Å². The summed E-state index contributed by atoms with van der Waals surface area (Å²) in [6, 6.07) is 12.2. The molecule has 36 heavy (non-hydrogen) atoms. The topological polar surface area (TPSA) is 110 Å². The van der Waals surface area contributed by atoms with Crippen molar-refractivity contribution in [2.45, 2.75) is 26.8 Å². The van der Waals surface area contributed by atoms with E-state index in [2.05, 4.69) is 15.4 Å². The SMILES string of the molecule is Cc1cc(C(C)Nc2ccc(Cl)nc2C(=O)O)c2oc(-c3ccc4nn(C)cc4c3)c(C)c(=O)c2c1. The summed E-state index contributed by atoms with van der Waals surface area (Å²) in [4.78, 5) is 29.1. The first-order chi connectivity index (χ1) is 17.1. The molecule has 182 valence electrons. The molecule has 0 bridgehead atoms. The summed E-state index contributed by atoms with van der Waals surface area (Å²) in [5.74, 6) is -0.716. The van der Waals surface area contributed by atoms with Crippen LogP contribution in [0, 0.1) is 13.8 Å². The molecular weight excluding hydrogens is 480 g/mol. The van der Waals surface area contributed by atoms with Crippen molar-refractivity contribution in [3.63, 3.8) is 0 Å². The number of aromatic nitrogens is 3. The van der Waals surface area contributed by atoms with Crippen molar-refractivity contribution in [1.82, 2.24) is 14.8 Å². The van der Waals surface area contributed by atoms with Gasteiger partial charge in [0.15, 0.2) is 11.1 Å². The number of benzene rings is 2. The largest absolute Gasteiger partial charge is 0.476 e. The monoisotopic (exact) mass is 502 g/mol. The van der Waals surface area contributed by atoms with Gasteiger partial charge in [-0.05, 0) is 62.7 Å². The van der Waals surface area contributed by atoms with Crippen LogP contribution in [0.4, 0.5) is 5.69 Å². The van der Waals surface area contributed by atoms with Gasteiger partial charge in [0.2, 0.25) is 0 Å². The number of halogens is 1. The van der Waals surface area contributed by atoms with E-state index in [0.717, 1.165) is 27.6 Å². The van der Waals surface area contributed by atoms with E-state index in [1.807, 2.05) is 57.4 Å². The van der Waals surface area contributed by atoms with Gasteiger partial charge in [-0.25, -0.2) is 9.78 Å². The van der Waals surface area contributed by atoms with E-state index < -0.39 is 12.0 Å². The minimum absolute atomic E-state index is 0.0864. The molecule has 0 amide bonds. The molecule has 5 aromatic rings. The predicted molar refractivity (Wildman–Crippen MR) is 140 cm³/mol. The lowest BCUT2D eigenvalue weighted by molar-refractivity contribution is 0.0691. The Hall–Kier alpha value is -4.17. The molecule has 9 heteroatoms. The van der Waals surface area contributed by atoms with Crippen molar-refractivity contribution in [3.8, 4) is 11.3 Å². The highest BCUT2D eigenvalue weighted by Gasteiger charge is 2.21. The second-order valence-electron chi connectivity index (χ2n) is 8.89. The van der Waals surface area contributed by atoms with Crippen LogP contribution in [0.2, 0.25) is 5.15 Å². The summed E-state index contributed by atoms with van der Waals surface area (Å²) in [5, 5.41) is 18.7. The summed E-state index contributed by atoms with van der Waals surface area (Å²) in [6.45, 7) is 5.53. The van der Waals surface area contributed by atoms with Gasteiger partial charge in [0.25, 0.3) is 0 Å². The Morgan fingerprint density at radius 1 is 1.17 bits per heavy atom. The van der Waals surface area contributed by atoms with Gasteiger partial charge in [0, 0.05) is 35.3 Å². The van der Waals surface area contributed by atoms with E-state index in [1.165, 1.54) is 6.07 Å². The molecule has 0 aliphatic rings. The molecule has 0 fully saturated rings. The number of carboxylic acid groups (broad SMARTS) is 1. The molecular formula is C27H23ClN4O4. The zero-order valence-corrected chi connectivity index (χ0v) is 20.8. The van der Waals surface area contributed by atoms with Crippen molar-refractivity contribution >= 4 is 45.1 Å². The van der Waals surface area contributed by atoms with Crippen LogP contribution in [-0.4, -0.2) is 25.8 Å². The molecule has 0 saturated carbocycles. The number of pyridine rings is 1. The highest BCUT2D eigenvalue weighted by atomic mass is 35.5. The third-order valence-corrected chi connectivity index (χ3v) is 6.39. The van der Waals surface area contributed by atoms with Crippen molar-refractivity contribution in [3.05, 3.63) is 86.4 Å². The second kappa shape index (κ2) is 8.80. The lowest BCUT2D eigenvalue weighted by atomic mass is 9.98. The number of aromatic carboxylic acids is 1. The first kappa shape index (κ1) is 23.6. The summed E-state index contributed by atoms with van der Waals surface area (Å²) < 4.78 is 8.18. The Labute approximate surface area is 211 Å². The highest BCUT2D eigenvalue weighted by Crippen LogP contribution is 2.33. The first-order valence-electron chi connectivity index (χ1n) is 11.3. The minimum atomic E-state index is -1.20. The van der Waals surface area contributed by atoms with Gasteiger partial charge in [0.05, 0.1) is 22.6 Å². The fraction of sp³-hybridized carbons (Fsp3) is 0.185.